The van der Waals surface area contributed by atoms with Gasteiger partial charge >= 0.3 is 5.97 Å². The van der Waals surface area contributed by atoms with Crippen LogP contribution in [-0.4, -0.2) is 42.7 Å². The van der Waals surface area contributed by atoms with E-state index in [0.29, 0.717) is 5.82 Å². The fourth-order valence-corrected chi connectivity index (χ4v) is 3.67. The van der Waals surface area contributed by atoms with Crippen LogP contribution in [0.2, 0.25) is 0 Å². The van der Waals surface area contributed by atoms with Gasteiger partial charge in [0.2, 0.25) is 0 Å². The topological polar surface area (TPSA) is 102 Å². The van der Waals surface area contributed by atoms with E-state index in [-0.39, 0.29) is 16.5 Å². The SMILES string of the molecule is COc1ccccc1N(CC(=O)O)S(=O)(=O)c1cnc(C)n1C. The zero-order valence-corrected chi connectivity index (χ0v) is 13.7. The summed E-state index contributed by atoms with van der Waals surface area (Å²) in [5.74, 6) is -0.520. The maximum absolute atomic E-state index is 12.9. The van der Waals surface area contributed by atoms with Gasteiger partial charge in [-0.1, -0.05) is 12.1 Å². The fraction of sp³-hybridized carbons (Fsp3) is 0.286. The van der Waals surface area contributed by atoms with Crippen LogP contribution in [-0.2, 0) is 21.9 Å². The van der Waals surface area contributed by atoms with E-state index >= 15 is 0 Å². The average molecular weight is 339 g/mol. The van der Waals surface area contributed by atoms with Crippen molar-refractivity contribution in [2.75, 3.05) is 18.0 Å². The number of carboxylic acids is 1. The number of anilines is 1. The number of imidazole rings is 1. The van der Waals surface area contributed by atoms with Crippen LogP contribution in [0.15, 0.2) is 35.5 Å². The van der Waals surface area contributed by atoms with Crippen LogP contribution in [0.3, 0.4) is 0 Å². The number of aliphatic carboxylic acids is 1. The molecule has 1 aromatic carbocycles. The Morgan fingerprint density at radius 1 is 1.39 bits per heavy atom. The lowest BCUT2D eigenvalue weighted by atomic mass is 10.3. The molecular weight excluding hydrogens is 322 g/mol. The van der Waals surface area contributed by atoms with Crippen LogP contribution in [0.1, 0.15) is 5.82 Å². The fourth-order valence-electron chi connectivity index (χ4n) is 2.09. The summed E-state index contributed by atoms with van der Waals surface area (Å²) < 4.78 is 33.2. The molecule has 0 aliphatic carbocycles. The molecule has 0 atom stereocenters. The molecule has 0 radical (unpaired) electrons. The summed E-state index contributed by atoms with van der Waals surface area (Å²) in [5, 5.41) is 9.03. The summed E-state index contributed by atoms with van der Waals surface area (Å²) in [6, 6.07) is 6.33. The second-order valence-corrected chi connectivity index (χ2v) is 6.59. The van der Waals surface area contributed by atoms with Gasteiger partial charge in [-0.15, -0.1) is 0 Å². The highest BCUT2D eigenvalue weighted by Gasteiger charge is 2.31. The predicted octanol–water partition coefficient (Wildman–Crippen LogP) is 1.02. The van der Waals surface area contributed by atoms with Gasteiger partial charge in [-0.05, 0) is 19.1 Å². The monoisotopic (exact) mass is 339 g/mol. The molecule has 0 spiro atoms. The molecule has 0 amide bonds. The summed E-state index contributed by atoms with van der Waals surface area (Å²) in [6.07, 6.45) is 1.20. The van der Waals surface area contributed by atoms with Crippen molar-refractivity contribution in [2.45, 2.75) is 11.9 Å². The maximum atomic E-state index is 12.9. The number of para-hydroxylation sites is 2. The maximum Gasteiger partial charge on any atom is 0.324 e. The highest BCUT2D eigenvalue weighted by Crippen LogP contribution is 2.32. The minimum atomic E-state index is -4.12. The second kappa shape index (κ2) is 6.29. The van der Waals surface area contributed by atoms with Crippen LogP contribution < -0.4 is 9.04 Å². The summed E-state index contributed by atoms with van der Waals surface area (Å²) in [5.41, 5.74) is 0.149. The Hall–Kier alpha value is -2.55. The first kappa shape index (κ1) is 16.8. The number of nitrogens with zero attached hydrogens (tertiary/aromatic N) is 3. The molecule has 23 heavy (non-hydrogen) atoms. The lowest BCUT2D eigenvalue weighted by Crippen LogP contribution is -2.37. The largest absolute Gasteiger partial charge is 0.495 e. The van der Waals surface area contributed by atoms with Gasteiger partial charge in [-0.2, -0.15) is 8.42 Å². The molecule has 0 bridgehead atoms. The Kier molecular flexibility index (Phi) is 4.60. The standard InChI is InChI=1S/C14H17N3O5S/c1-10-15-8-13(16(10)2)23(20,21)17(9-14(18)19)11-6-4-5-7-12(11)22-3/h4-8H,9H2,1-3H3,(H,18,19). The molecule has 0 aliphatic heterocycles. The number of hydrogen-bond donors (Lipinski definition) is 1. The Morgan fingerprint density at radius 2 is 2.04 bits per heavy atom. The Labute approximate surface area is 134 Å². The van der Waals surface area contributed by atoms with Crippen LogP contribution in [0.5, 0.6) is 5.75 Å². The smallest absolute Gasteiger partial charge is 0.324 e. The van der Waals surface area contributed by atoms with Gasteiger partial charge in [0, 0.05) is 7.05 Å². The van der Waals surface area contributed by atoms with Gasteiger partial charge in [0.05, 0.1) is 19.0 Å². The third kappa shape index (κ3) is 3.14. The zero-order valence-electron chi connectivity index (χ0n) is 12.9. The highest BCUT2D eigenvalue weighted by molar-refractivity contribution is 7.92. The molecule has 0 aliphatic rings. The highest BCUT2D eigenvalue weighted by atomic mass is 32.2. The average Bonchev–Trinajstić information content (AvgIpc) is 2.85. The van der Waals surface area contributed by atoms with Crippen LogP contribution >= 0.6 is 0 Å². The van der Waals surface area contributed by atoms with Crippen molar-refractivity contribution < 1.29 is 23.1 Å². The van der Waals surface area contributed by atoms with E-state index in [2.05, 4.69) is 4.98 Å². The Balaban J connectivity index is 2.63. The molecule has 9 heteroatoms. The van der Waals surface area contributed by atoms with Gasteiger partial charge in [0.25, 0.3) is 10.0 Å². The molecule has 0 unspecified atom stereocenters. The summed E-state index contributed by atoms with van der Waals surface area (Å²) >= 11 is 0. The van der Waals surface area contributed by atoms with Gasteiger partial charge in [0.1, 0.15) is 18.1 Å². The van der Waals surface area contributed by atoms with Gasteiger partial charge in [0.15, 0.2) is 5.03 Å². The van der Waals surface area contributed by atoms with Crippen molar-refractivity contribution in [2.24, 2.45) is 7.05 Å². The van der Waals surface area contributed by atoms with Gasteiger partial charge in [-0.3, -0.25) is 9.10 Å². The minimum absolute atomic E-state index is 0.0952. The number of carbonyl (C=O) groups is 1. The lowest BCUT2D eigenvalue weighted by Gasteiger charge is -2.24. The lowest BCUT2D eigenvalue weighted by molar-refractivity contribution is -0.135. The summed E-state index contributed by atoms with van der Waals surface area (Å²) in [7, 11) is -1.18. The number of sulfonamides is 1. The Bertz CT molecular complexity index is 829. The number of aromatic nitrogens is 2. The summed E-state index contributed by atoms with van der Waals surface area (Å²) in [4.78, 5) is 15.1. The van der Waals surface area contributed by atoms with E-state index < -0.39 is 22.5 Å². The van der Waals surface area contributed by atoms with Crippen molar-refractivity contribution in [1.29, 1.82) is 0 Å². The van der Waals surface area contributed by atoms with E-state index in [9.17, 15) is 13.2 Å². The molecule has 2 rings (SSSR count). The molecule has 1 heterocycles. The van der Waals surface area contributed by atoms with Gasteiger partial charge in [-0.25, -0.2) is 4.98 Å². The van der Waals surface area contributed by atoms with Crippen molar-refractivity contribution in [3.63, 3.8) is 0 Å². The number of benzene rings is 1. The van der Waals surface area contributed by atoms with E-state index in [0.717, 1.165) is 4.31 Å². The number of carboxylic acid groups (broad SMARTS) is 1. The molecule has 8 nitrogen and oxygen atoms in total. The number of ether oxygens (including phenoxy) is 1. The normalized spacial score (nSPS) is 11.3. The number of rotatable bonds is 6. The first-order chi connectivity index (χ1) is 10.8. The molecule has 2 aromatic rings. The van der Waals surface area contributed by atoms with E-state index in [1.54, 1.807) is 32.2 Å². The molecule has 0 saturated heterocycles. The van der Waals surface area contributed by atoms with E-state index in [1.807, 2.05) is 0 Å². The van der Waals surface area contributed by atoms with Crippen molar-refractivity contribution >= 4 is 21.7 Å². The van der Waals surface area contributed by atoms with E-state index in [4.69, 9.17) is 9.84 Å². The minimum Gasteiger partial charge on any atom is -0.495 e. The molecule has 0 saturated carbocycles. The van der Waals surface area contributed by atoms with Crippen molar-refractivity contribution in [3.05, 3.63) is 36.3 Å². The first-order valence-electron chi connectivity index (χ1n) is 6.65. The molecule has 124 valence electrons. The zero-order chi connectivity index (χ0) is 17.2. The Morgan fingerprint density at radius 3 is 2.57 bits per heavy atom. The quantitative estimate of drug-likeness (QED) is 0.843. The second-order valence-electron chi connectivity index (χ2n) is 4.78. The number of methoxy groups -OCH3 is 1. The molecular formula is C14H17N3O5S. The van der Waals surface area contributed by atoms with Crippen LogP contribution in [0.25, 0.3) is 0 Å². The predicted molar refractivity (Wildman–Crippen MR) is 83.1 cm³/mol. The number of aryl methyl sites for hydroxylation is 1. The van der Waals surface area contributed by atoms with Crippen LogP contribution in [0.4, 0.5) is 5.69 Å². The molecule has 1 aromatic heterocycles. The number of hydrogen-bond acceptors (Lipinski definition) is 5. The van der Waals surface area contributed by atoms with Crippen molar-refractivity contribution in [3.8, 4) is 5.75 Å². The summed E-state index contributed by atoms with van der Waals surface area (Å²) in [6.45, 7) is 0.927. The third-order valence-corrected chi connectivity index (χ3v) is 5.18. The molecule has 1 N–H and O–H groups in total. The van der Waals surface area contributed by atoms with Crippen LogP contribution in [0, 0.1) is 6.92 Å². The van der Waals surface area contributed by atoms with Gasteiger partial charge < -0.3 is 14.4 Å². The van der Waals surface area contributed by atoms with E-state index in [1.165, 1.54) is 23.9 Å². The van der Waals surface area contributed by atoms with Crippen molar-refractivity contribution in [1.82, 2.24) is 9.55 Å². The first-order valence-corrected chi connectivity index (χ1v) is 8.09. The molecule has 0 fully saturated rings. The third-order valence-electron chi connectivity index (χ3n) is 3.36.